The minimum Gasteiger partial charge on any atom is -0.348 e. The van der Waals surface area contributed by atoms with Crippen molar-refractivity contribution in [1.82, 2.24) is 9.97 Å². The molecule has 1 aromatic rings. The van der Waals surface area contributed by atoms with Gasteiger partial charge in [-0.1, -0.05) is 19.6 Å². The molecule has 0 saturated carbocycles. The lowest BCUT2D eigenvalue weighted by molar-refractivity contribution is 1.22. The molecule has 0 unspecified atom stereocenters. The summed E-state index contributed by atoms with van der Waals surface area (Å²) in [7, 11) is -0.826. The van der Waals surface area contributed by atoms with Gasteiger partial charge in [-0.3, -0.25) is 0 Å². The second-order valence-corrected chi connectivity index (χ2v) is 11.2. The van der Waals surface area contributed by atoms with Gasteiger partial charge in [0, 0.05) is 25.7 Å². The first-order valence-corrected chi connectivity index (χ1v) is 9.49. The van der Waals surface area contributed by atoms with E-state index < -0.39 is 8.07 Å². The first-order valence-electron chi connectivity index (χ1n) is 4.63. The van der Waals surface area contributed by atoms with E-state index in [4.69, 9.17) is 0 Å². The number of aromatic amines is 1. The quantitative estimate of drug-likeness (QED) is 0.603. The summed E-state index contributed by atoms with van der Waals surface area (Å²) in [5.74, 6) is 2.36. The third-order valence-corrected chi connectivity index (χ3v) is 4.93. The zero-order valence-corrected chi connectivity index (χ0v) is 10.4. The second kappa shape index (κ2) is 4.86. The Morgan fingerprint density at radius 1 is 1.46 bits per heavy atom. The Hall–Kier alpha value is -0.223. The van der Waals surface area contributed by atoms with Gasteiger partial charge in [-0.05, 0) is 11.8 Å². The molecule has 0 aliphatic rings. The highest BCUT2D eigenvalue weighted by Crippen LogP contribution is 2.16. The number of imidazole rings is 1. The molecule has 0 aromatic carbocycles. The van der Waals surface area contributed by atoms with Gasteiger partial charge in [-0.25, -0.2) is 4.98 Å². The minimum absolute atomic E-state index is 0.826. The van der Waals surface area contributed by atoms with Gasteiger partial charge in [0.15, 0.2) is 0 Å². The van der Waals surface area contributed by atoms with Gasteiger partial charge in [0.2, 0.25) is 0 Å². The topological polar surface area (TPSA) is 28.7 Å². The molecule has 74 valence electrons. The molecule has 0 aliphatic carbocycles. The van der Waals surface area contributed by atoms with Crippen LogP contribution in [-0.2, 0) is 5.75 Å². The molecule has 1 heterocycles. The summed E-state index contributed by atoms with van der Waals surface area (Å²) in [5, 5.41) is 0. The van der Waals surface area contributed by atoms with Crippen LogP contribution >= 0.6 is 11.8 Å². The van der Waals surface area contributed by atoms with E-state index in [1.807, 2.05) is 18.0 Å². The van der Waals surface area contributed by atoms with Gasteiger partial charge in [0.05, 0.1) is 6.33 Å². The Bertz CT molecular complexity index is 228. The maximum absolute atomic E-state index is 3.99. The van der Waals surface area contributed by atoms with E-state index in [0.29, 0.717) is 0 Å². The number of aromatic nitrogens is 2. The van der Waals surface area contributed by atoms with E-state index in [1.165, 1.54) is 17.5 Å². The van der Waals surface area contributed by atoms with Crippen molar-refractivity contribution in [3.63, 3.8) is 0 Å². The van der Waals surface area contributed by atoms with E-state index >= 15 is 0 Å². The molecule has 1 N–H and O–H groups in total. The second-order valence-electron chi connectivity index (χ2n) is 4.44. The Morgan fingerprint density at radius 2 is 2.23 bits per heavy atom. The van der Waals surface area contributed by atoms with E-state index in [9.17, 15) is 0 Å². The standard InChI is InChI=1S/C9H18N2SSi/c1-13(2,3)5-4-12-7-9-6-10-8-11-9/h6,8H,4-5,7H2,1-3H3,(H,10,11). The fraction of sp³-hybridized carbons (Fsp3) is 0.667. The molecule has 0 amide bonds. The monoisotopic (exact) mass is 214 g/mol. The van der Waals surface area contributed by atoms with Gasteiger partial charge in [0.1, 0.15) is 0 Å². The van der Waals surface area contributed by atoms with E-state index in [1.54, 1.807) is 6.33 Å². The maximum atomic E-state index is 3.99. The zero-order chi connectivity index (χ0) is 9.73. The number of nitrogens with zero attached hydrogens (tertiary/aromatic N) is 1. The Labute approximate surface area is 85.6 Å². The molecular formula is C9H18N2SSi. The maximum Gasteiger partial charge on any atom is 0.0921 e. The third-order valence-electron chi connectivity index (χ3n) is 1.81. The molecule has 0 atom stereocenters. The number of hydrogen-bond acceptors (Lipinski definition) is 2. The molecule has 1 rings (SSSR count). The zero-order valence-electron chi connectivity index (χ0n) is 8.63. The fourth-order valence-electron chi connectivity index (χ4n) is 0.924. The summed E-state index contributed by atoms with van der Waals surface area (Å²) in [6.45, 7) is 7.26. The molecule has 0 aliphatic heterocycles. The van der Waals surface area contributed by atoms with Crippen LogP contribution in [0, 0.1) is 0 Å². The van der Waals surface area contributed by atoms with Crippen molar-refractivity contribution in [3.05, 3.63) is 18.2 Å². The van der Waals surface area contributed by atoms with Gasteiger partial charge in [0.25, 0.3) is 0 Å². The predicted molar refractivity (Wildman–Crippen MR) is 62.9 cm³/mol. The number of rotatable bonds is 5. The average Bonchev–Trinajstić information content (AvgIpc) is 2.48. The van der Waals surface area contributed by atoms with Crippen molar-refractivity contribution in [2.45, 2.75) is 31.4 Å². The van der Waals surface area contributed by atoms with Crippen molar-refractivity contribution in [3.8, 4) is 0 Å². The molecular weight excluding hydrogens is 196 g/mol. The van der Waals surface area contributed by atoms with Crippen LogP contribution in [0.4, 0.5) is 0 Å². The van der Waals surface area contributed by atoms with Crippen LogP contribution in [0.5, 0.6) is 0 Å². The van der Waals surface area contributed by atoms with E-state index in [0.717, 1.165) is 5.75 Å². The summed E-state index contributed by atoms with van der Waals surface area (Å²) in [6.07, 6.45) is 3.65. The molecule has 0 radical (unpaired) electrons. The molecule has 0 fully saturated rings. The van der Waals surface area contributed by atoms with E-state index in [-0.39, 0.29) is 0 Å². The Balaban J connectivity index is 2.09. The molecule has 0 spiro atoms. The minimum atomic E-state index is -0.826. The normalized spacial score (nSPS) is 11.9. The SMILES string of the molecule is C[Si](C)(C)CCSCc1cnc[nH]1. The predicted octanol–water partition coefficient (Wildman–Crippen LogP) is 2.98. The lowest BCUT2D eigenvalue weighted by Crippen LogP contribution is -2.19. The molecule has 0 saturated heterocycles. The third kappa shape index (κ3) is 5.16. The van der Waals surface area contributed by atoms with Crippen LogP contribution < -0.4 is 0 Å². The van der Waals surface area contributed by atoms with Crippen molar-refractivity contribution in [2.75, 3.05) is 5.75 Å². The largest absolute Gasteiger partial charge is 0.348 e. The highest BCUT2D eigenvalue weighted by atomic mass is 32.2. The highest BCUT2D eigenvalue weighted by molar-refractivity contribution is 7.98. The molecule has 1 aromatic heterocycles. The molecule has 2 nitrogen and oxygen atoms in total. The smallest absolute Gasteiger partial charge is 0.0921 e. The summed E-state index contributed by atoms with van der Waals surface area (Å²) in [6, 6.07) is 1.41. The van der Waals surface area contributed by atoms with Crippen molar-refractivity contribution >= 4 is 19.8 Å². The van der Waals surface area contributed by atoms with Crippen molar-refractivity contribution < 1.29 is 0 Å². The first-order chi connectivity index (χ1) is 6.08. The van der Waals surface area contributed by atoms with Crippen LogP contribution in [0.1, 0.15) is 5.69 Å². The number of nitrogens with one attached hydrogen (secondary N) is 1. The van der Waals surface area contributed by atoms with E-state index in [2.05, 4.69) is 29.6 Å². The van der Waals surface area contributed by atoms with Gasteiger partial charge in [-0.2, -0.15) is 11.8 Å². The van der Waals surface area contributed by atoms with Crippen LogP contribution in [-0.4, -0.2) is 23.8 Å². The first kappa shape index (κ1) is 10.9. The van der Waals surface area contributed by atoms with Crippen LogP contribution in [0.15, 0.2) is 12.5 Å². The highest BCUT2D eigenvalue weighted by Gasteiger charge is 2.11. The van der Waals surface area contributed by atoms with Gasteiger partial charge in [-0.15, -0.1) is 0 Å². The van der Waals surface area contributed by atoms with Crippen LogP contribution in [0.3, 0.4) is 0 Å². The number of hydrogen-bond donors (Lipinski definition) is 1. The summed E-state index contributed by atoms with van der Waals surface area (Å²) < 4.78 is 0. The van der Waals surface area contributed by atoms with Gasteiger partial charge < -0.3 is 4.98 Å². The van der Waals surface area contributed by atoms with Crippen molar-refractivity contribution in [2.24, 2.45) is 0 Å². The molecule has 4 heteroatoms. The van der Waals surface area contributed by atoms with Crippen molar-refractivity contribution in [1.29, 1.82) is 0 Å². The molecule has 0 bridgehead atoms. The van der Waals surface area contributed by atoms with Crippen LogP contribution in [0.2, 0.25) is 25.7 Å². The summed E-state index contributed by atoms with van der Waals surface area (Å²) in [5.41, 5.74) is 1.24. The lowest BCUT2D eigenvalue weighted by atomic mass is 10.6. The van der Waals surface area contributed by atoms with Gasteiger partial charge >= 0.3 is 0 Å². The summed E-state index contributed by atoms with van der Waals surface area (Å²) >= 11 is 2.00. The molecule has 13 heavy (non-hydrogen) atoms. The summed E-state index contributed by atoms with van der Waals surface area (Å²) in [4.78, 5) is 7.10. The lowest BCUT2D eigenvalue weighted by Gasteiger charge is -2.14. The Kier molecular flexibility index (Phi) is 4.06. The number of H-pyrrole nitrogens is 1. The van der Waals surface area contributed by atoms with Crippen LogP contribution in [0.25, 0.3) is 0 Å². The fourth-order valence-corrected chi connectivity index (χ4v) is 4.47. The number of thioether (sulfide) groups is 1. The average molecular weight is 214 g/mol. The Morgan fingerprint density at radius 3 is 2.77 bits per heavy atom.